The molecule has 3 N–H and O–H groups in total. The minimum Gasteiger partial charge on any atom is -0.461 e. The van der Waals surface area contributed by atoms with Crippen LogP contribution in [0.5, 0.6) is 6.01 Å². The van der Waals surface area contributed by atoms with Gasteiger partial charge in [0.1, 0.15) is 6.61 Å². The Bertz CT molecular complexity index is 354. The minimum atomic E-state index is -0.0787. The van der Waals surface area contributed by atoms with E-state index < -0.39 is 0 Å². The van der Waals surface area contributed by atoms with Gasteiger partial charge in [-0.05, 0) is 12.8 Å². The predicted octanol–water partition coefficient (Wildman–Crippen LogP) is -0.575. The first kappa shape index (κ1) is 10.9. The highest BCUT2D eigenvalue weighted by molar-refractivity contribution is 5.36. The molecule has 1 aromatic heterocycles. The molecular formula is C9H15N5O2. The van der Waals surface area contributed by atoms with Gasteiger partial charge < -0.3 is 20.5 Å². The van der Waals surface area contributed by atoms with Crippen LogP contribution in [0, 0.1) is 0 Å². The number of ether oxygens (including phenoxy) is 1. The summed E-state index contributed by atoms with van der Waals surface area (Å²) in [4.78, 5) is 14.1. The molecule has 1 saturated heterocycles. The summed E-state index contributed by atoms with van der Waals surface area (Å²) in [6, 6.07) is 0.170. The smallest absolute Gasteiger partial charge is 0.323 e. The van der Waals surface area contributed by atoms with Crippen LogP contribution in [0.15, 0.2) is 0 Å². The number of nitrogens with zero attached hydrogens (tertiary/aromatic N) is 4. The van der Waals surface area contributed by atoms with Crippen molar-refractivity contribution in [2.75, 3.05) is 36.9 Å². The Hall–Kier alpha value is -1.63. The summed E-state index contributed by atoms with van der Waals surface area (Å²) < 4.78 is 5.12. The molecule has 0 atom stereocenters. The summed E-state index contributed by atoms with van der Waals surface area (Å²) >= 11 is 0. The summed E-state index contributed by atoms with van der Waals surface area (Å²) in [5, 5.41) is 8.64. The van der Waals surface area contributed by atoms with Gasteiger partial charge in [0.2, 0.25) is 11.9 Å². The van der Waals surface area contributed by atoms with Crippen molar-refractivity contribution >= 4 is 11.9 Å². The quantitative estimate of drug-likeness (QED) is 0.707. The van der Waals surface area contributed by atoms with Crippen LogP contribution in [0.4, 0.5) is 11.9 Å². The second-order valence-corrected chi connectivity index (χ2v) is 3.54. The highest BCUT2D eigenvalue weighted by atomic mass is 16.5. The van der Waals surface area contributed by atoms with Gasteiger partial charge in [0, 0.05) is 13.1 Å². The van der Waals surface area contributed by atoms with Crippen LogP contribution < -0.4 is 15.4 Å². The maximum Gasteiger partial charge on any atom is 0.323 e. The van der Waals surface area contributed by atoms with Gasteiger partial charge in [-0.15, -0.1) is 0 Å². The lowest BCUT2D eigenvalue weighted by molar-refractivity contribution is 0.191. The van der Waals surface area contributed by atoms with E-state index in [4.69, 9.17) is 15.6 Å². The van der Waals surface area contributed by atoms with Crippen LogP contribution in [-0.4, -0.2) is 46.4 Å². The van der Waals surface area contributed by atoms with E-state index >= 15 is 0 Å². The molecule has 7 nitrogen and oxygen atoms in total. The third-order valence-corrected chi connectivity index (χ3v) is 2.33. The average Bonchev–Trinajstić information content (AvgIpc) is 2.79. The fourth-order valence-corrected chi connectivity index (χ4v) is 1.62. The normalized spacial score (nSPS) is 15.4. The average molecular weight is 225 g/mol. The lowest BCUT2D eigenvalue weighted by atomic mass is 10.4. The number of hydrogen-bond acceptors (Lipinski definition) is 7. The maximum atomic E-state index is 8.64. The highest BCUT2D eigenvalue weighted by Crippen LogP contribution is 2.18. The van der Waals surface area contributed by atoms with Gasteiger partial charge in [-0.1, -0.05) is 0 Å². The van der Waals surface area contributed by atoms with Crippen LogP contribution in [0.25, 0.3) is 0 Å². The molecule has 0 aliphatic carbocycles. The zero-order valence-electron chi connectivity index (χ0n) is 8.96. The van der Waals surface area contributed by atoms with E-state index in [9.17, 15) is 0 Å². The van der Waals surface area contributed by atoms with E-state index in [0.717, 1.165) is 25.9 Å². The number of hydrogen-bond donors (Lipinski definition) is 2. The molecule has 7 heteroatoms. The van der Waals surface area contributed by atoms with Crippen molar-refractivity contribution in [1.29, 1.82) is 0 Å². The van der Waals surface area contributed by atoms with Gasteiger partial charge in [-0.3, -0.25) is 0 Å². The van der Waals surface area contributed by atoms with Gasteiger partial charge in [0.25, 0.3) is 0 Å². The number of aliphatic hydroxyl groups is 1. The fourth-order valence-electron chi connectivity index (χ4n) is 1.62. The van der Waals surface area contributed by atoms with Crippen LogP contribution in [0.2, 0.25) is 0 Å². The number of aliphatic hydroxyl groups excluding tert-OH is 1. The van der Waals surface area contributed by atoms with Crippen LogP contribution in [0.1, 0.15) is 12.8 Å². The third kappa shape index (κ3) is 2.48. The molecule has 0 saturated carbocycles. The molecule has 1 aliphatic rings. The van der Waals surface area contributed by atoms with Crippen LogP contribution >= 0.6 is 0 Å². The number of nitrogen functional groups attached to an aromatic ring is 1. The molecule has 0 amide bonds. The van der Waals surface area contributed by atoms with Gasteiger partial charge >= 0.3 is 6.01 Å². The first-order chi connectivity index (χ1) is 7.79. The van der Waals surface area contributed by atoms with Crippen molar-refractivity contribution in [1.82, 2.24) is 15.0 Å². The number of rotatable bonds is 4. The van der Waals surface area contributed by atoms with E-state index in [2.05, 4.69) is 15.0 Å². The van der Waals surface area contributed by atoms with E-state index in [0.29, 0.717) is 5.95 Å². The van der Waals surface area contributed by atoms with Crippen molar-refractivity contribution in [3.05, 3.63) is 0 Å². The molecule has 1 aliphatic heterocycles. The summed E-state index contributed by atoms with van der Waals surface area (Å²) in [6.45, 7) is 1.94. The Morgan fingerprint density at radius 2 is 2.00 bits per heavy atom. The molecule has 1 fully saturated rings. The first-order valence-corrected chi connectivity index (χ1v) is 5.30. The summed E-state index contributed by atoms with van der Waals surface area (Å²) in [7, 11) is 0. The van der Waals surface area contributed by atoms with Gasteiger partial charge in [-0.2, -0.15) is 15.0 Å². The van der Waals surface area contributed by atoms with Crippen molar-refractivity contribution in [3.8, 4) is 6.01 Å². The molecule has 0 radical (unpaired) electrons. The predicted molar refractivity (Wildman–Crippen MR) is 58.3 cm³/mol. The summed E-state index contributed by atoms with van der Waals surface area (Å²) in [5.74, 6) is 0.697. The zero-order chi connectivity index (χ0) is 11.4. The van der Waals surface area contributed by atoms with E-state index in [1.54, 1.807) is 0 Å². The van der Waals surface area contributed by atoms with Crippen LogP contribution in [-0.2, 0) is 0 Å². The molecule has 88 valence electrons. The molecule has 2 rings (SSSR count). The second-order valence-electron chi connectivity index (χ2n) is 3.54. The SMILES string of the molecule is Nc1nc(OCCO)nc(N2CCCC2)n1. The van der Waals surface area contributed by atoms with Crippen LogP contribution in [0.3, 0.4) is 0 Å². The summed E-state index contributed by atoms with van der Waals surface area (Å²) in [5.41, 5.74) is 5.57. The van der Waals surface area contributed by atoms with Gasteiger partial charge in [0.15, 0.2) is 0 Å². The monoisotopic (exact) mass is 225 g/mol. The largest absolute Gasteiger partial charge is 0.461 e. The minimum absolute atomic E-state index is 0.0787. The molecule has 0 aromatic carbocycles. The van der Waals surface area contributed by atoms with Gasteiger partial charge in [0.05, 0.1) is 6.61 Å². The van der Waals surface area contributed by atoms with E-state index in [1.807, 2.05) is 4.90 Å². The Morgan fingerprint density at radius 3 is 2.69 bits per heavy atom. The molecule has 0 spiro atoms. The first-order valence-electron chi connectivity index (χ1n) is 5.30. The molecule has 1 aromatic rings. The third-order valence-electron chi connectivity index (χ3n) is 2.33. The zero-order valence-corrected chi connectivity index (χ0v) is 8.96. The lowest BCUT2D eigenvalue weighted by Crippen LogP contribution is -2.22. The molecule has 0 bridgehead atoms. The van der Waals surface area contributed by atoms with E-state index in [-0.39, 0.29) is 25.2 Å². The lowest BCUT2D eigenvalue weighted by Gasteiger charge is -2.15. The topological polar surface area (TPSA) is 97.4 Å². The second kappa shape index (κ2) is 4.93. The Kier molecular flexibility index (Phi) is 3.35. The van der Waals surface area contributed by atoms with Crippen molar-refractivity contribution in [3.63, 3.8) is 0 Å². The highest BCUT2D eigenvalue weighted by Gasteiger charge is 2.17. The number of aromatic nitrogens is 3. The number of anilines is 2. The van der Waals surface area contributed by atoms with Crippen molar-refractivity contribution in [2.24, 2.45) is 0 Å². The maximum absolute atomic E-state index is 8.64. The Morgan fingerprint density at radius 1 is 1.25 bits per heavy atom. The molecule has 2 heterocycles. The molecule has 0 unspecified atom stereocenters. The fraction of sp³-hybridized carbons (Fsp3) is 0.667. The van der Waals surface area contributed by atoms with Crippen molar-refractivity contribution in [2.45, 2.75) is 12.8 Å². The van der Waals surface area contributed by atoms with Crippen molar-refractivity contribution < 1.29 is 9.84 Å². The number of nitrogens with two attached hydrogens (primary N) is 1. The Labute approximate surface area is 93.3 Å². The molecular weight excluding hydrogens is 210 g/mol. The van der Waals surface area contributed by atoms with Gasteiger partial charge in [-0.25, -0.2) is 0 Å². The molecule has 16 heavy (non-hydrogen) atoms. The van der Waals surface area contributed by atoms with E-state index in [1.165, 1.54) is 0 Å². The summed E-state index contributed by atoms with van der Waals surface area (Å²) in [6.07, 6.45) is 2.27. The standard InChI is InChI=1S/C9H15N5O2/c10-7-11-8(14-3-1-2-4-14)13-9(12-7)16-6-5-15/h15H,1-6H2,(H2,10,11,12,13). The Balaban J connectivity index is 2.14.